The van der Waals surface area contributed by atoms with Crippen LogP contribution < -0.4 is 5.32 Å². The van der Waals surface area contributed by atoms with Gasteiger partial charge in [0.1, 0.15) is 5.82 Å². The van der Waals surface area contributed by atoms with Gasteiger partial charge in [0, 0.05) is 9.14 Å². The summed E-state index contributed by atoms with van der Waals surface area (Å²) in [4.78, 5) is 11.7. The Hall–Kier alpha value is -0.910. The van der Waals surface area contributed by atoms with Crippen LogP contribution in [0.25, 0.3) is 0 Å². The summed E-state index contributed by atoms with van der Waals surface area (Å²) in [6, 6.07) is 4.28. The molecule has 1 N–H and O–H groups in total. The van der Waals surface area contributed by atoms with Gasteiger partial charge >= 0.3 is 0 Å². The van der Waals surface area contributed by atoms with Crippen LogP contribution in [-0.2, 0) is 4.79 Å². The van der Waals surface area contributed by atoms with Crippen molar-refractivity contribution in [1.29, 1.82) is 0 Å². The maximum atomic E-state index is 12.8. The molecule has 0 saturated heterocycles. The molecule has 0 fully saturated rings. The number of amides is 1. The highest BCUT2D eigenvalue weighted by Crippen LogP contribution is 2.19. The fourth-order valence-corrected chi connectivity index (χ4v) is 1.82. The monoisotopic (exact) mass is 333 g/mol. The Labute approximate surface area is 108 Å². The molecule has 1 rings (SSSR count). The molecule has 0 aromatic heterocycles. The van der Waals surface area contributed by atoms with Crippen LogP contribution in [-0.4, -0.2) is 5.91 Å². The second-order valence-corrected chi connectivity index (χ2v) is 4.54. The van der Waals surface area contributed by atoms with Crippen molar-refractivity contribution in [2.45, 2.75) is 20.3 Å². The first-order valence-electron chi connectivity index (χ1n) is 4.97. The van der Waals surface area contributed by atoms with E-state index in [0.29, 0.717) is 14.8 Å². The summed E-state index contributed by atoms with van der Waals surface area (Å²) in [6.45, 7) is 3.73. The fourth-order valence-electron chi connectivity index (χ4n) is 1.21. The highest BCUT2D eigenvalue weighted by atomic mass is 127. The van der Waals surface area contributed by atoms with Crippen molar-refractivity contribution in [3.63, 3.8) is 0 Å². The molecule has 0 aliphatic heterocycles. The van der Waals surface area contributed by atoms with E-state index >= 15 is 0 Å². The first-order valence-corrected chi connectivity index (χ1v) is 6.05. The van der Waals surface area contributed by atoms with Crippen molar-refractivity contribution in [3.8, 4) is 0 Å². The second-order valence-electron chi connectivity index (χ2n) is 3.37. The number of benzene rings is 1. The van der Waals surface area contributed by atoms with Crippen LogP contribution in [0.4, 0.5) is 10.1 Å². The van der Waals surface area contributed by atoms with E-state index in [1.165, 1.54) is 12.1 Å². The van der Waals surface area contributed by atoms with E-state index in [1.807, 2.05) is 35.6 Å². The molecule has 4 heteroatoms. The van der Waals surface area contributed by atoms with E-state index in [2.05, 4.69) is 5.32 Å². The number of hydrogen-bond acceptors (Lipinski definition) is 1. The van der Waals surface area contributed by atoms with Gasteiger partial charge in [-0.1, -0.05) is 13.0 Å². The zero-order chi connectivity index (χ0) is 12.1. The average molecular weight is 333 g/mol. The normalized spacial score (nSPS) is 11.4. The van der Waals surface area contributed by atoms with Crippen LogP contribution in [0.1, 0.15) is 20.3 Å². The Bertz CT molecular complexity index is 429. The Morgan fingerprint density at radius 3 is 2.81 bits per heavy atom. The molecule has 0 saturated carbocycles. The quantitative estimate of drug-likeness (QED) is 0.663. The molecule has 1 aromatic rings. The Morgan fingerprint density at radius 1 is 1.56 bits per heavy atom. The summed E-state index contributed by atoms with van der Waals surface area (Å²) in [5.74, 6) is -0.449. The molecule has 0 spiro atoms. The number of rotatable bonds is 3. The third-order valence-corrected chi connectivity index (χ3v) is 2.94. The van der Waals surface area contributed by atoms with Crippen molar-refractivity contribution in [3.05, 3.63) is 39.2 Å². The molecule has 0 unspecified atom stereocenters. The van der Waals surface area contributed by atoms with Crippen LogP contribution in [0.5, 0.6) is 0 Å². The molecule has 2 nitrogen and oxygen atoms in total. The van der Waals surface area contributed by atoms with Crippen LogP contribution in [0.15, 0.2) is 29.8 Å². The van der Waals surface area contributed by atoms with E-state index < -0.39 is 0 Å². The summed E-state index contributed by atoms with van der Waals surface area (Å²) in [7, 11) is 0. The van der Waals surface area contributed by atoms with Gasteiger partial charge in [0.2, 0.25) is 0 Å². The Balaban J connectivity index is 2.81. The molecule has 0 aliphatic rings. The van der Waals surface area contributed by atoms with Crippen LogP contribution in [0.3, 0.4) is 0 Å². The number of carbonyl (C=O) groups excluding carboxylic acids is 1. The minimum atomic E-state index is -0.303. The summed E-state index contributed by atoms with van der Waals surface area (Å²) >= 11 is 1.99. The van der Waals surface area contributed by atoms with Gasteiger partial charge in [-0.2, -0.15) is 0 Å². The van der Waals surface area contributed by atoms with E-state index in [0.717, 1.165) is 6.42 Å². The van der Waals surface area contributed by atoms with E-state index in [1.54, 1.807) is 13.0 Å². The lowest BCUT2D eigenvalue weighted by Crippen LogP contribution is -2.13. The van der Waals surface area contributed by atoms with Gasteiger partial charge in [0.05, 0.1) is 5.69 Å². The van der Waals surface area contributed by atoms with E-state index in [9.17, 15) is 9.18 Å². The molecule has 0 bridgehead atoms. The summed E-state index contributed by atoms with van der Waals surface area (Å²) in [5.41, 5.74) is 1.30. The van der Waals surface area contributed by atoms with Gasteiger partial charge in [-0.15, -0.1) is 0 Å². The van der Waals surface area contributed by atoms with Gasteiger partial charge in [0.25, 0.3) is 5.91 Å². The minimum absolute atomic E-state index is 0.147. The van der Waals surface area contributed by atoms with Gasteiger partial charge in [-0.25, -0.2) is 4.39 Å². The standard InChI is InChI=1S/C12H13FINO/c1-3-4-8(2)12(16)15-11-6-5-9(13)7-10(11)14/h4-7H,3H2,1-2H3,(H,15,16). The predicted molar refractivity (Wildman–Crippen MR) is 71.8 cm³/mol. The SMILES string of the molecule is CCC=C(C)C(=O)Nc1ccc(F)cc1I. The lowest BCUT2D eigenvalue weighted by molar-refractivity contribution is -0.112. The molecular formula is C12H13FINO. The highest BCUT2D eigenvalue weighted by Gasteiger charge is 2.07. The summed E-state index contributed by atoms with van der Waals surface area (Å²) < 4.78 is 13.5. The summed E-state index contributed by atoms with van der Waals surface area (Å²) in [6.07, 6.45) is 2.67. The average Bonchev–Trinajstić information content (AvgIpc) is 2.22. The lowest BCUT2D eigenvalue weighted by Gasteiger charge is -2.07. The van der Waals surface area contributed by atoms with Gasteiger partial charge in [-0.3, -0.25) is 4.79 Å². The Kier molecular flexibility index (Phi) is 4.92. The molecule has 0 heterocycles. The Morgan fingerprint density at radius 2 is 2.25 bits per heavy atom. The zero-order valence-electron chi connectivity index (χ0n) is 9.18. The van der Waals surface area contributed by atoms with Crippen molar-refractivity contribution in [2.24, 2.45) is 0 Å². The molecule has 0 radical (unpaired) electrons. The highest BCUT2D eigenvalue weighted by molar-refractivity contribution is 14.1. The fraction of sp³-hybridized carbons (Fsp3) is 0.250. The van der Waals surface area contributed by atoms with Gasteiger partial charge in [-0.05, 0) is 54.1 Å². The zero-order valence-corrected chi connectivity index (χ0v) is 11.3. The number of anilines is 1. The molecule has 0 aliphatic carbocycles. The third-order valence-electron chi connectivity index (χ3n) is 2.05. The van der Waals surface area contributed by atoms with Crippen LogP contribution in [0, 0.1) is 9.39 Å². The molecule has 1 amide bonds. The van der Waals surface area contributed by atoms with Crippen LogP contribution >= 0.6 is 22.6 Å². The third kappa shape index (κ3) is 3.59. The number of carbonyl (C=O) groups is 1. The topological polar surface area (TPSA) is 29.1 Å². The maximum Gasteiger partial charge on any atom is 0.251 e. The number of hydrogen-bond donors (Lipinski definition) is 1. The molecular weight excluding hydrogens is 320 g/mol. The first-order chi connectivity index (χ1) is 7.54. The van der Waals surface area contributed by atoms with Crippen molar-refractivity contribution < 1.29 is 9.18 Å². The lowest BCUT2D eigenvalue weighted by atomic mass is 10.2. The number of allylic oxidation sites excluding steroid dienone is 1. The first kappa shape index (κ1) is 13.2. The van der Waals surface area contributed by atoms with Crippen molar-refractivity contribution in [2.75, 3.05) is 5.32 Å². The summed E-state index contributed by atoms with van der Waals surface area (Å²) in [5, 5.41) is 2.74. The predicted octanol–water partition coefficient (Wildman–Crippen LogP) is 3.73. The van der Waals surface area contributed by atoms with E-state index in [4.69, 9.17) is 0 Å². The van der Waals surface area contributed by atoms with Crippen molar-refractivity contribution in [1.82, 2.24) is 0 Å². The molecule has 0 atom stereocenters. The van der Waals surface area contributed by atoms with Gasteiger partial charge < -0.3 is 5.32 Å². The van der Waals surface area contributed by atoms with E-state index in [-0.39, 0.29) is 11.7 Å². The largest absolute Gasteiger partial charge is 0.321 e. The van der Waals surface area contributed by atoms with Crippen molar-refractivity contribution >= 4 is 34.2 Å². The maximum absolute atomic E-state index is 12.8. The smallest absolute Gasteiger partial charge is 0.251 e. The van der Waals surface area contributed by atoms with Crippen LogP contribution in [0.2, 0.25) is 0 Å². The molecule has 16 heavy (non-hydrogen) atoms. The number of halogens is 2. The molecule has 86 valence electrons. The van der Waals surface area contributed by atoms with Gasteiger partial charge in [0.15, 0.2) is 0 Å². The molecule has 1 aromatic carbocycles. The minimum Gasteiger partial charge on any atom is -0.321 e. The number of nitrogens with one attached hydrogen (secondary N) is 1. The second kappa shape index (κ2) is 5.98.